The minimum atomic E-state index is -3.34. The third-order valence-electron chi connectivity index (χ3n) is 3.99. The summed E-state index contributed by atoms with van der Waals surface area (Å²) in [7, 11) is -3.34. The molecule has 4 aromatic rings. The van der Waals surface area contributed by atoms with Gasteiger partial charge in [0.15, 0.2) is 9.84 Å². The Morgan fingerprint density at radius 1 is 1.07 bits per heavy atom. The summed E-state index contributed by atoms with van der Waals surface area (Å²) in [5, 5.41) is 4.48. The number of hydrogen-bond acceptors (Lipinski definition) is 5. The van der Waals surface area contributed by atoms with Crippen molar-refractivity contribution >= 4 is 31.4 Å². The molecule has 0 spiro atoms. The average Bonchev–Trinajstić information content (AvgIpc) is 3.25. The van der Waals surface area contributed by atoms with E-state index < -0.39 is 16.3 Å². The molecule has 5 nitrogen and oxygen atoms in total. The summed E-state index contributed by atoms with van der Waals surface area (Å²) in [4.78, 5) is 4.64. The Morgan fingerprint density at radius 3 is 2.41 bits per heavy atom. The van der Waals surface area contributed by atoms with Gasteiger partial charge in [-0.25, -0.2) is 26.9 Å². The lowest BCUT2D eigenvalue weighted by atomic mass is 10.1. The van der Waals surface area contributed by atoms with Crippen LogP contribution in [0.5, 0.6) is 0 Å². The van der Waals surface area contributed by atoms with Gasteiger partial charge in [-0.2, -0.15) is 5.10 Å². The maximum Gasteiger partial charge on any atom is 0.282 e. The Balaban J connectivity index is 1.87. The fraction of sp³-hybridized carbons (Fsp3) is 0.111. The van der Waals surface area contributed by atoms with Crippen LogP contribution in [-0.4, -0.2) is 29.4 Å². The molecule has 9 heteroatoms. The van der Waals surface area contributed by atoms with Gasteiger partial charge in [0.25, 0.3) is 6.43 Å². The van der Waals surface area contributed by atoms with Crippen LogP contribution in [-0.2, 0) is 9.84 Å². The molecule has 27 heavy (non-hydrogen) atoms. The number of aromatic nitrogens is 3. The number of rotatable bonds is 4. The summed E-state index contributed by atoms with van der Waals surface area (Å²) in [5.74, 6) is 0. The van der Waals surface area contributed by atoms with Crippen LogP contribution in [0.25, 0.3) is 26.6 Å². The van der Waals surface area contributed by atoms with Crippen LogP contribution in [0.4, 0.5) is 8.78 Å². The van der Waals surface area contributed by atoms with Crippen LogP contribution < -0.4 is 0 Å². The summed E-state index contributed by atoms with van der Waals surface area (Å²) in [5.41, 5.74) is 1.38. The quantitative estimate of drug-likeness (QED) is 0.502. The van der Waals surface area contributed by atoms with Crippen molar-refractivity contribution in [2.24, 2.45) is 0 Å². The van der Waals surface area contributed by atoms with Crippen LogP contribution >= 0.6 is 11.3 Å². The number of alkyl halides is 2. The summed E-state index contributed by atoms with van der Waals surface area (Å²) in [6.07, 6.45) is -1.61. The molecule has 0 amide bonds. The molecule has 0 aliphatic carbocycles. The molecule has 0 atom stereocenters. The molecule has 0 aliphatic rings. The van der Waals surface area contributed by atoms with Crippen molar-refractivity contribution in [3.05, 3.63) is 60.3 Å². The predicted molar refractivity (Wildman–Crippen MR) is 100 cm³/mol. The predicted octanol–water partition coefficient (Wildman–Crippen LogP) is 4.49. The standard InChI is InChI=1S/C18H13F2N3O2S2/c1-27(24,25)12-8-6-11(7-9-12)15-10-14(17(19)20)22-23(15)18-21-13-4-2-3-5-16(13)26-18/h2-10,17H,1H3. The van der Waals surface area contributed by atoms with Crippen molar-refractivity contribution in [1.29, 1.82) is 0 Å². The first-order chi connectivity index (χ1) is 12.8. The van der Waals surface area contributed by atoms with E-state index in [0.717, 1.165) is 16.5 Å². The van der Waals surface area contributed by atoms with Gasteiger partial charge in [0.05, 0.1) is 20.8 Å². The molecular weight excluding hydrogens is 392 g/mol. The van der Waals surface area contributed by atoms with Gasteiger partial charge in [-0.15, -0.1) is 0 Å². The smallest absolute Gasteiger partial charge is 0.224 e. The third-order valence-corrected chi connectivity index (χ3v) is 6.13. The Hall–Kier alpha value is -2.65. The van der Waals surface area contributed by atoms with Crippen molar-refractivity contribution in [2.75, 3.05) is 6.26 Å². The van der Waals surface area contributed by atoms with E-state index in [1.807, 2.05) is 24.3 Å². The molecule has 0 bridgehead atoms. The fourth-order valence-corrected chi connectivity index (χ4v) is 4.24. The second kappa shape index (κ2) is 6.50. The number of para-hydroxylation sites is 1. The molecule has 0 saturated heterocycles. The van der Waals surface area contributed by atoms with Gasteiger partial charge >= 0.3 is 0 Å². The topological polar surface area (TPSA) is 64.8 Å². The van der Waals surface area contributed by atoms with E-state index >= 15 is 0 Å². The molecule has 0 aliphatic heterocycles. The van der Waals surface area contributed by atoms with E-state index in [9.17, 15) is 17.2 Å². The van der Waals surface area contributed by atoms with E-state index in [1.54, 1.807) is 12.1 Å². The summed E-state index contributed by atoms with van der Waals surface area (Å²) < 4.78 is 52.1. The highest BCUT2D eigenvalue weighted by molar-refractivity contribution is 7.90. The van der Waals surface area contributed by atoms with Gasteiger partial charge in [-0.3, -0.25) is 0 Å². The number of benzene rings is 2. The SMILES string of the molecule is CS(=O)(=O)c1ccc(-c2cc(C(F)F)nn2-c2nc3ccccc3s2)cc1. The van der Waals surface area contributed by atoms with Crippen LogP contribution in [0.1, 0.15) is 12.1 Å². The van der Waals surface area contributed by atoms with Crippen LogP contribution in [0.15, 0.2) is 59.5 Å². The van der Waals surface area contributed by atoms with Crippen molar-refractivity contribution in [3.63, 3.8) is 0 Å². The van der Waals surface area contributed by atoms with E-state index in [4.69, 9.17) is 0 Å². The lowest BCUT2D eigenvalue weighted by Crippen LogP contribution is -2.00. The summed E-state index contributed by atoms with van der Waals surface area (Å²) in [6, 6.07) is 14.8. The average molecular weight is 405 g/mol. The van der Waals surface area contributed by atoms with E-state index in [0.29, 0.717) is 16.4 Å². The third kappa shape index (κ3) is 3.35. The molecule has 0 fully saturated rings. The molecular formula is C18H13F2N3O2S2. The fourth-order valence-electron chi connectivity index (χ4n) is 2.68. The van der Waals surface area contributed by atoms with Crippen molar-refractivity contribution < 1.29 is 17.2 Å². The van der Waals surface area contributed by atoms with Gasteiger partial charge in [-0.1, -0.05) is 35.6 Å². The highest BCUT2D eigenvalue weighted by atomic mass is 32.2. The van der Waals surface area contributed by atoms with Gasteiger partial charge in [0, 0.05) is 11.8 Å². The van der Waals surface area contributed by atoms with Crippen LogP contribution in [0, 0.1) is 0 Å². The number of fused-ring (bicyclic) bond motifs is 1. The zero-order valence-corrected chi connectivity index (χ0v) is 15.6. The van der Waals surface area contributed by atoms with E-state index in [-0.39, 0.29) is 10.6 Å². The van der Waals surface area contributed by atoms with Crippen LogP contribution in [0.3, 0.4) is 0 Å². The van der Waals surface area contributed by atoms with Crippen molar-refractivity contribution in [3.8, 4) is 16.4 Å². The first-order valence-electron chi connectivity index (χ1n) is 7.87. The Kier molecular flexibility index (Phi) is 4.27. The monoisotopic (exact) mass is 405 g/mol. The van der Waals surface area contributed by atoms with Gasteiger partial charge in [0.1, 0.15) is 5.69 Å². The minimum absolute atomic E-state index is 0.159. The zero-order valence-electron chi connectivity index (χ0n) is 14.0. The van der Waals surface area contributed by atoms with Gasteiger partial charge < -0.3 is 0 Å². The normalized spacial score (nSPS) is 12.1. The number of hydrogen-bond donors (Lipinski definition) is 0. The Bertz CT molecular complexity index is 1200. The first-order valence-corrected chi connectivity index (χ1v) is 10.6. The largest absolute Gasteiger partial charge is 0.282 e. The Labute approximate surface area is 157 Å². The van der Waals surface area contributed by atoms with Gasteiger partial charge in [-0.05, 0) is 30.3 Å². The van der Waals surface area contributed by atoms with Crippen molar-refractivity contribution in [1.82, 2.24) is 14.8 Å². The number of thiazole rings is 1. The first kappa shape index (κ1) is 17.7. The minimum Gasteiger partial charge on any atom is -0.224 e. The lowest BCUT2D eigenvalue weighted by Gasteiger charge is -2.05. The number of sulfone groups is 1. The maximum absolute atomic E-state index is 13.2. The molecule has 4 rings (SSSR count). The van der Waals surface area contributed by atoms with Crippen molar-refractivity contribution in [2.45, 2.75) is 11.3 Å². The number of halogens is 2. The second-order valence-corrected chi connectivity index (χ2v) is 8.95. The maximum atomic E-state index is 13.2. The lowest BCUT2D eigenvalue weighted by molar-refractivity contribution is 0.145. The molecule has 2 aromatic heterocycles. The number of nitrogens with zero attached hydrogens (tertiary/aromatic N) is 3. The van der Waals surface area contributed by atoms with E-state index in [2.05, 4.69) is 10.1 Å². The molecule has 0 unspecified atom stereocenters. The summed E-state index contributed by atoms with van der Waals surface area (Å²) >= 11 is 1.34. The highest BCUT2D eigenvalue weighted by Crippen LogP contribution is 2.32. The molecule has 2 heterocycles. The molecule has 138 valence electrons. The molecule has 0 radical (unpaired) electrons. The molecule has 2 aromatic carbocycles. The molecule has 0 N–H and O–H groups in total. The van der Waals surface area contributed by atoms with Crippen LogP contribution in [0.2, 0.25) is 0 Å². The second-order valence-electron chi connectivity index (χ2n) is 5.93. The highest BCUT2D eigenvalue weighted by Gasteiger charge is 2.20. The zero-order chi connectivity index (χ0) is 19.2. The summed E-state index contributed by atoms with van der Waals surface area (Å²) in [6.45, 7) is 0. The van der Waals surface area contributed by atoms with Gasteiger partial charge in [0.2, 0.25) is 5.13 Å². The van der Waals surface area contributed by atoms with E-state index in [1.165, 1.54) is 34.2 Å². The Morgan fingerprint density at radius 2 is 1.78 bits per heavy atom. The molecule has 0 saturated carbocycles.